The van der Waals surface area contributed by atoms with Crippen LogP contribution < -0.4 is 0 Å². The molecular formula is C12H12ClN3O2. The first-order chi connectivity index (χ1) is 8.40. The van der Waals surface area contributed by atoms with Crippen LogP contribution in [0.3, 0.4) is 0 Å². The fraction of sp³-hybridized carbons (Fsp3) is 0.250. The summed E-state index contributed by atoms with van der Waals surface area (Å²) < 4.78 is 1.74. The molecule has 2 rings (SSSR count). The van der Waals surface area contributed by atoms with Crippen LogP contribution in [0.5, 0.6) is 0 Å². The predicted octanol–water partition coefficient (Wildman–Crippen LogP) is 3.36. The van der Waals surface area contributed by atoms with Gasteiger partial charge in [-0.05, 0) is 38.5 Å². The van der Waals surface area contributed by atoms with Crippen molar-refractivity contribution < 1.29 is 4.92 Å². The molecule has 0 N–H and O–H groups in total. The van der Waals surface area contributed by atoms with Crippen molar-refractivity contribution >= 4 is 17.3 Å². The Morgan fingerprint density at radius 2 is 1.94 bits per heavy atom. The van der Waals surface area contributed by atoms with Crippen molar-refractivity contribution in [1.82, 2.24) is 9.78 Å². The zero-order valence-electron chi connectivity index (χ0n) is 10.3. The molecule has 0 saturated heterocycles. The lowest BCUT2D eigenvalue weighted by atomic mass is 10.1. The first kappa shape index (κ1) is 12.6. The number of hydrogen-bond acceptors (Lipinski definition) is 3. The molecule has 1 aromatic heterocycles. The van der Waals surface area contributed by atoms with Crippen LogP contribution >= 0.6 is 11.6 Å². The second-order valence-electron chi connectivity index (χ2n) is 4.19. The summed E-state index contributed by atoms with van der Waals surface area (Å²) in [4.78, 5) is 10.3. The van der Waals surface area contributed by atoms with Gasteiger partial charge in [0.1, 0.15) is 5.02 Å². The molecule has 0 amide bonds. The molecule has 0 fully saturated rings. The number of nitro benzene ring substituents is 1. The molecule has 0 unspecified atom stereocenters. The van der Waals surface area contributed by atoms with E-state index in [0.717, 1.165) is 22.6 Å². The summed E-state index contributed by atoms with van der Waals surface area (Å²) in [5, 5.41) is 15.3. The van der Waals surface area contributed by atoms with E-state index in [0.29, 0.717) is 0 Å². The average molecular weight is 266 g/mol. The largest absolute Gasteiger partial charge is 0.288 e. The summed E-state index contributed by atoms with van der Waals surface area (Å²) in [6, 6.07) is 4.98. The summed E-state index contributed by atoms with van der Waals surface area (Å²) >= 11 is 5.92. The van der Waals surface area contributed by atoms with Crippen LogP contribution in [0.15, 0.2) is 18.2 Å². The van der Waals surface area contributed by atoms with Crippen molar-refractivity contribution in [2.45, 2.75) is 20.8 Å². The molecule has 0 atom stereocenters. The van der Waals surface area contributed by atoms with Gasteiger partial charge in [0.05, 0.1) is 16.3 Å². The molecule has 0 saturated carbocycles. The van der Waals surface area contributed by atoms with Crippen molar-refractivity contribution in [3.8, 4) is 5.69 Å². The van der Waals surface area contributed by atoms with Crippen LogP contribution in [-0.2, 0) is 0 Å². The van der Waals surface area contributed by atoms with E-state index in [4.69, 9.17) is 11.6 Å². The van der Waals surface area contributed by atoms with E-state index in [-0.39, 0.29) is 10.7 Å². The number of rotatable bonds is 2. The molecule has 18 heavy (non-hydrogen) atoms. The van der Waals surface area contributed by atoms with Gasteiger partial charge in [0.15, 0.2) is 0 Å². The lowest BCUT2D eigenvalue weighted by Crippen LogP contribution is -2.03. The molecule has 2 aromatic rings. The minimum absolute atomic E-state index is 0.0838. The van der Waals surface area contributed by atoms with Gasteiger partial charge >= 0.3 is 0 Å². The first-order valence-corrected chi connectivity index (χ1v) is 5.76. The highest BCUT2D eigenvalue weighted by Gasteiger charge is 2.17. The lowest BCUT2D eigenvalue weighted by molar-refractivity contribution is -0.384. The number of aryl methyl sites for hydroxylation is 3. The van der Waals surface area contributed by atoms with Crippen LogP contribution in [0, 0.1) is 30.9 Å². The Balaban J connectivity index is 2.63. The number of hydrogen-bond donors (Lipinski definition) is 0. The van der Waals surface area contributed by atoms with Crippen molar-refractivity contribution in [2.24, 2.45) is 0 Å². The Labute approximate surface area is 109 Å². The number of benzene rings is 1. The van der Waals surface area contributed by atoms with Crippen molar-refractivity contribution in [3.05, 3.63) is 50.3 Å². The second kappa shape index (κ2) is 4.42. The molecule has 1 heterocycles. The van der Waals surface area contributed by atoms with E-state index >= 15 is 0 Å². The van der Waals surface area contributed by atoms with Crippen LogP contribution in [0.1, 0.15) is 17.0 Å². The quantitative estimate of drug-likeness (QED) is 0.618. The number of halogens is 1. The minimum Gasteiger partial charge on any atom is -0.258 e. The van der Waals surface area contributed by atoms with Crippen LogP contribution in [-0.4, -0.2) is 14.7 Å². The zero-order chi connectivity index (χ0) is 13.4. The second-order valence-corrected chi connectivity index (χ2v) is 4.59. The fourth-order valence-electron chi connectivity index (χ4n) is 1.90. The molecule has 0 bridgehead atoms. The maximum Gasteiger partial charge on any atom is 0.288 e. The van der Waals surface area contributed by atoms with E-state index in [2.05, 4.69) is 5.10 Å². The van der Waals surface area contributed by atoms with Gasteiger partial charge in [-0.3, -0.25) is 10.1 Å². The van der Waals surface area contributed by atoms with E-state index in [9.17, 15) is 10.1 Å². The van der Waals surface area contributed by atoms with Gasteiger partial charge in [-0.25, -0.2) is 4.68 Å². The minimum atomic E-state index is -0.486. The third kappa shape index (κ3) is 2.09. The Kier molecular flexibility index (Phi) is 3.09. The highest BCUT2D eigenvalue weighted by atomic mass is 35.5. The first-order valence-electron chi connectivity index (χ1n) is 5.38. The third-order valence-corrected chi connectivity index (χ3v) is 3.00. The Morgan fingerprint density at radius 3 is 2.44 bits per heavy atom. The summed E-state index contributed by atoms with van der Waals surface area (Å²) in [6.45, 7) is 5.62. The number of aromatic nitrogens is 2. The maximum absolute atomic E-state index is 10.8. The highest BCUT2D eigenvalue weighted by Crippen LogP contribution is 2.30. The maximum atomic E-state index is 10.8. The lowest BCUT2D eigenvalue weighted by Gasteiger charge is -2.09. The van der Waals surface area contributed by atoms with Gasteiger partial charge in [-0.2, -0.15) is 5.10 Å². The van der Waals surface area contributed by atoms with Gasteiger partial charge in [0.2, 0.25) is 0 Å². The molecular weight excluding hydrogens is 254 g/mol. The van der Waals surface area contributed by atoms with Crippen molar-refractivity contribution in [1.29, 1.82) is 0 Å². The monoisotopic (exact) mass is 265 g/mol. The molecule has 0 aliphatic heterocycles. The molecule has 5 nitrogen and oxygen atoms in total. The molecule has 1 aromatic carbocycles. The zero-order valence-corrected chi connectivity index (χ0v) is 11.0. The molecule has 0 aliphatic carbocycles. The van der Waals surface area contributed by atoms with E-state index < -0.39 is 4.92 Å². The van der Waals surface area contributed by atoms with E-state index in [1.54, 1.807) is 17.7 Å². The fourth-order valence-corrected chi connectivity index (χ4v) is 2.12. The topological polar surface area (TPSA) is 61.0 Å². The molecule has 0 aliphatic rings. The number of nitro groups is 1. The predicted molar refractivity (Wildman–Crippen MR) is 69.4 cm³/mol. The van der Waals surface area contributed by atoms with Crippen LogP contribution in [0.4, 0.5) is 5.69 Å². The van der Waals surface area contributed by atoms with Gasteiger partial charge in [0.25, 0.3) is 5.69 Å². The van der Waals surface area contributed by atoms with Crippen molar-refractivity contribution in [3.63, 3.8) is 0 Å². The summed E-state index contributed by atoms with van der Waals surface area (Å²) in [6.07, 6.45) is 0. The highest BCUT2D eigenvalue weighted by molar-refractivity contribution is 6.32. The Bertz CT molecular complexity index is 634. The summed E-state index contributed by atoms with van der Waals surface area (Å²) in [7, 11) is 0. The van der Waals surface area contributed by atoms with E-state index in [1.807, 2.05) is 19.9 Å². The average Bonchev–Trinajstić information content (AvgIpc) is 2.60. The normalized spacial score (nSPS) is 10.7. The Morgan fingerprint density at radius 1 is 1.28 bits per heavy atom. The van der Waals surface area contributed by atoms with Gasteiger partial charge in [-0.15, -0.1) is 0 Å². The van der Waals surface area contributed by atoms with Crippen LogP contribution in [0.25, 0.3) is 5.69 Å². The summed E-state index contributed by atoms with van der Waals surface area (Å²) in [5.41, 5.74) is 3.29. The molecule has 0 spiro atoms. The molecule has 6 heteroatoms. The molecule has 94 valence electrons. The number of nitrogens with zero attached hydrogens (tertiary/aromatic N) is 3. The van der Waals surface area contributed by atoms with E-state index in [1.165, 1.54) is 6.07 Å². The van der Waals surface area contributed by atoms with Gasteiger partial charge < -0.3 is 0 Å². The van der Waals surface area contributed by atoms with Crippen molar-refractivity contribution in [2.75, 3.05) is 0 Å². The van der Waals surface area contributed by atoms with Gasteiger partial charge in [-0.1, -0.05) is 11.6 Å². The van der Waals surface area contributed by atoms with Gasteiger partial charge in [0, 0.05) is 11.8 Å². The standard InChI is InChI=1S/C12H12ClN3O2/c1-7-4-12(16(17)18)10(13)6-11(7)15-9(3)5-8(2)14-15/h4-6H,1-3H3. The van der Waals surface area contributed by atoms with Crippen LogP contribution in [0.2, 0.25) is 5.02 Å². The third-order valence-electron chi connectivity index (χ3n) is 2.70. The summed E-state index contributed by atoms with van der Waals surface area (Å²) in [5.74, 6) is 0. The Hall–Kier alpha value is -1.88. The molecule has 0 radical (unpaired) electrons. The SMILES string of the molecule is Cc1cc(C)n(-c2cc(Cl)c([N+](=O)[O-])cc2C)n1. The smallest absolute Gasteiger partial charge is 0.258 e.